The summed E-state index contributed by atoms with van der Waals surface area (Å²) in [6.45, 7) is 8.80. The van der Waals surface area contributed by atoms with Crippen molar-refractivity contribution in [1.29, 1.82) is 0 Å². The number of pyridine rings is 1. The number of likely N-dealkylation sites (tertiary alicyclic amines) is 1. The van der Waals surface area contributed by atoms with E-state index in [0.717, 1.165) is 31.1 Å². The molecule has 3 nitrogen and oxygen atoms in total. The fourth-order valence-corrected chi connectivity index (χ4v) is 2.74. The lowest BCUT2D eigenvalue weighted by atomic mass is 10.1. The van der Waals surface area contributed by atoms with Crippen molar-refractivity contribution < 1.29 is 4.39 Å². The van der Waals surface area contributed by atoms with Crippen LogP contribution in [0.15, 0.2) is 18.3 Å². The molecule has 1 aliphatic heterocycles. The molecule has 2 atom stereocenters. The van der Waals surface area contributed by atoms with E-state index in [-0.39, 0.29) is 11.9 Å². The van der Waals surface area contributed by atoms with E-state index in [1.165, 1.54) is 31.8 Å². The Morgan fingerprint density at radius 1 is 1.53 bits per heavy atom. The quantitative estimate of drug-likeness (QED) is 0.857. The third-order valence-electron chi connectivity index (χ3n) is 3.80. The summed E-state index contributed by atoms with van der Waals surface area (Å²) in [4.78, 5) is 6.71. The number of halogens is 1. The Labute approximate surface area is 115 Å². The molecule has 2 heterocycles. The molecule has 4 heteroatoms. The largest absolute Gasteiger partial charge is 0.309 e. The summed E-state index contributed by atoms with van der Waals surface area (Å²) in [5, 5.41) is 3.44. The molecule has 2 rings (SSSR count). The van der Waals surface area contributed by atoms with Crippen molar-refractivity contribution >= 4 is 0 Å². The van der Waals surface area contributed by atoms with E-state index in [2.05, 4.69) is 29.0 Å². The predicted octanol–water partition coefficient (Wildman–Crippen LogP) is 2.60. The number of nitrogens with zero attached hydrogens (tertiary/aromatic N) is 2. The highest BCUT2D eigenvalue weighted by atomic mass is 19.1. The second-order valence-electron chi connectivity index (χ2n) is 5.49. The summed E-state index contributed by atoms with van der Waals surface area (Å²) in [5.41, 5.74) is 0.940. The zero-order chi connectivity index (χ0) is 13.7. The number of hydrogen-bond donors (Lipinski definition) is 1. The van der Waals surface area contributed by atoms with Crippen LogP contribution in [0.4, 0.5) is 4.39 Å². The summed E-state index contributed by atoms with van der Waals surface area (Å²) in [7, 11) is 0. The summed E-state index contributed by atoms with van der Waals surface area (Å²) < 4.78 is 12.9. The normalized spacial score (nSPS) is 21.7. The fraction of sp³-hybridized carbons (Fsp3) is 0.667. The van der Waals surface area contributed by atoms with Crippen LogP contribution in [0.3, 0.4) is 0 Å². The molecule has 1 saturated heterocycles. The van der Waals surface area contributed by atoms with Crippen LogP contribution in [0.1, 0.15) is 38.4 Å². The minimum atomic E-state index is -0.271. The Bertz CT molecular complexity index is 379. The Hall–Kier alpha value is -1.00. The predicted molar refractivity (Wildman–Crippen MR) is 75.5 cm³/mol. The molecule has 1 fully saturated rings. The molecule has 0 spiro atoms. The zero-order valence-electron chi connectivity index (χ0n) is 11.9. The van der Waals surface area contributed by atoms with E-state index in [1.54, 1.807) is 6.07 Å². The number of nitrogens with one attached hydrogen (secondary N) is 1. The lowest BCUT2D eigenvalue weighted by Crippen LogP contribution is -2.28. The van der Waals surface area contributed by atoms with Gasteiger partial charge in [0.1, 0.15) is 5.82 Å². The van der Waals surface area contributed by atoms with Gasteiger partial charge in [0, 0.05) is 13.1 Å². The molecule has 2 unspecified atom stereocenters. The number of hydrogen-bond acceptors (Lipinski definition) is 3. The van der Waals surface area contributed by atoms with E-state index < -0.39 is 0 Å². The molecule has 0 saturated carbocycles. The van der Waals surface area contributed by atoms with Gasteiger partial charge in [-0.2, -0.15) is 0 Å². The molecule has 19 heavy (non-hydrogen) atoms. The number of aromatic nitrogens is 1. The van der Waals surface area contributed by atoms with Crippen LogP contribution in [0.5, 0.6) is 0 Å². The smallest absolute Gasteiger partial charge is 0.141 e. The van der Waals surface area contributed by atoms with Gasteiger partial charge in [0.15, 0.2) is 0 Å². The van der Waals surface area contributed by atoms with Gasteiger partial charge in [-0.1, -0.05) is 13.8 Å². The maximum absolute atomic E-state index is 12.9. The van der Waals surface area contributed by atoms with Crippen LogP contribution in [-0.4, -0.2) is 36.1 Å². The van der Waals surface area contributed by atoms with Crippen molar-refractivity contribution in [1.82, 2.24) is 15.2 Å². The average Bonchev–Trinajstić information content (AvgIpc) is 2.81. The van der Waals surface area contributed by atoms with Crippen LogP contribution < -0.4 is 5.32 Å². The van der Waals surface area contributed by atoms with E-state index in [1.807, 2.05) is 0 Å². The third-order valence-corrected chi connectivity index (χ3v) is 3.80. The second kappa shape index (κ2) is 6.96. The van der Waals surface area contributed by atoms with Crippen molar-refractivity contribution in [2.45, 2.75) is 32.7 Å². The molecule has 0 aromatic carbocycles. The van der Waals surface area contributed by atoms with E-state index in [4.69, 9.17) is 0 Å². The molecule has 0 bridgehead atoms. The molecular weight excluding hydrogens is 241 g/mol. The van der Waals surface area contributed by atoms with Gasteiger partial charge in [0.2, 0.25) is 0 Å². The van der Waals surface area contributed by atoms with Crippen LogP contribution in [-0.2, 0) is 0 Å². The molecular formula is C15H24FN3. The molecule has 1 N–H and O–H groups in total. The maximum Gasteiger partial charge on any atom is 0.141 e. The Kier molecular flexibility index (Phi) is 5.28. The average molecular weight is 265 g/mol. The van der Waals surface area contributed by atoms with Crippen LogP contribution in [0, 0.1) is 11.7 Å². The lowest BCUT2D eigenvalue weighted by molar-refractivity contribution is 0.301. The molecule has 1 aromatic rings. The summed E-state index contributed by atoms with van der Waals surface area (Å²) in [6.07, 6.45) is 3.64. The molecule has 0 aliphatic carbocycles. The van der Waals surface area contributed by atoms with Gasteiger partial charge in [0.25, 0.3) is 0 Å². The first-order valence-electron chi connectivity index (χ1n) is 7.26. The van der Waals surface area contributed by atoms with Gasteiger partial charge in [-0.05, 0) is 44.0 Å². The molecule has 106 valence electrons. The zero-order valence-corrected chi connectivity index (χ0v) is 11.9. The lowest BCUT2D eigenvalue weighted by Gasteiger charge is -2.21. The standard InChI is InChI=1S/C15H24FN3/c1-3-17-15(14-5-4-13(16)10-18-14)7-9-19-8-6-12(2)11-19/h4-5,10,12,15,17H,3,6-9,11H2,1-2H3. The summed E-state index contributed by atoms with van der Waals surface area (Å²) in [6, 6.07) is 3.50. The van der Waals surface area contributed by atoms with Crippen molar-refractivity contribution in [2.24, 2.45) is 5.92 Å². The SMILES string of the molecule is CCNC(CCN1CCC(C)C1)c1ccc(F)cn1. The Morgan fingerprint density at radius 3 is 2.95 bits per heavy atom. The van der Waals surface area contributed by atoms with Gasteiger partial charge in [0.05, 0.1) is 17.9 Å². The highest BCUT2D eigenvalue weighted by Gasteiger charge is 2.20. The minimum absolute atomic E-state index is 0.224. The maximum atomic E-state index is 12.9. The van der Waals surface area contributed by atoms with Gasteiger partial charge >= 0.3 is 0 Å². The van der Waals surface area contributed by atoms with Gasteiger partial charge in [-0.15, -0.1) is 0 Å². The fourth-order valence-electron chi connectivity index (χ4n) is 2.74. The minimum Gasteiger partial charge on any atom is -0.309 e. The van der Waals surface area contributed by atoms with E-state index >= 15 is 0 Å². The second-order valence-corrected chi connectivity index (χ2v) is 5.49. The van der Waals surface area contributed by atoms with Crippen molar-refractivity contribution in [2.75, 3.05) is 26.2 Å². The molecule has 1 aromatic heterocycles. The van der Waals surface area contributed by atoms with Crippen molar-refractivity contribution in [3.05, 3.63) is 29.8 Å². The first-order chi connectivity index (χ1) is 9.19. The van der Waals surface area contributed by atoms with Crippen LogP contribution in [0.25, 0.3) is 0 Å². The highest BCUT2D eigenvalue weighted by molar-refractivity contribution is 5.10. The van der Waals surface area contributed by atoms with Gasteiger partial charge in [-0.3, -0.25) is 4.98 Å². The van der Waals surface area contributed by atoms with E-state index in [9.17, 15) is 4.39 Å². The highest BCUT2D eigenvalue weighted by Crippen LogP contribution is 2.19. The van der Waals surface area contributed by atoms with Crippen LogP contribution >= 0.6 is 0 Å². The van der Waals surface area contributed by atoms with Gasteiger partial charge in [-0.25, -0.2) is 4.39 Å². The van der Waals surface area contributed by atoms with Crippen molar-refractivity contribution in [3.8, 4) is 0 Å². The Morgan fingerprint density at radius 2 is 2.37 bits per heavy atom. The van der Waals surface area contributed by atoms with Crippen LogP contribution in [0.2, 0.25) is 0 Å². The first kappa shape index (κ1) is 14.4. The van der Waals surface area contributed by atoms with Crippen molar-refractivity contribution in [3.63, 3.8) is 0 Å². The molecule has 0 amide bonds. The third kappa shape index (κ3) is 4.25. The number of rotatable bonds is 6. The molecule has 0 radical (unpaired) electrons. The monoisotopic (exact) mass is 265 g/mol. The van der Waals surface area contributed by atoms with Gasteiger partial charge < -0.3 is 10.2 Å². The topological polar surface area (TPSA) is 28.2 Å². The van der Waals surface area contributed by atoms with E-state index in [0.29, 0.717) is 0 Å². The molecule has 1 aliphatic rings. The summed E-state index contributed by atoms with van der Waals surface area (Å²) in [5.74, 6) is 0.550. The Balaban J connectivity index is 1.90. The summed E-state index contributed by atoms with van der Waals surface area (Å²) >= 11 is 0. The first-order valence-corrected chi connectivity index (χ1v) is 7.26.